The van der Waals surface area contributed by atoms with Gasteiger partial charge in [0, 0.05) is 31.1 Å². The first-order chi connectivity index (χ1) is 14.4. The summed E-state index contributed by atoms with van der Waals surface area (Å²) in [5.74, 6) is 0.0228. The Morgan fingerprint density at radius 1 is 1.23 bits per heavy atom. The van der Waals surface area contributed by atoms with Crippen LogP contribution < -0.4 is 0 Å². The lowest BCUT2D eigenvalue weighted by molar-refractivity contribution is -0.134. The summed E-state index contributed by atoms with van der Waals surface area (Å²) in [5.41, 5.74) is 4.25. The number of likely N-dealkylation sites (N-methyl/N-ethyl adjacent to an activating group) is 1. The third-order valence-corrected chi connectivity index (χ3v) is 7.17. The first-order valence-corrected chi connectivity index (χ1v) is 11.4. The van der Waals surface area contributed by atoms with Gasteiger partial charge in [0.25, 0.3) is 0 Å². The molecular formula is C23H28BrN3O3. The Hall–Kier alpha value is -2.12. The molecule has 0 spiro atoms. The van der Waals surface area contributed by atoms with E-state index in [9.17, 15) is 9.59 Å². The van der Waals surface area contributed by atoms with Crippen LogP contribution in [-0.4, -0.2) is 65.7 Å². The molecule has 1 aromatic carbocycles. The van der Waals surface area contributed by atoms with Crippen molar-refractivity contribution in [1.29, 1.82) is 0 Å². The molecule has 1 aromatic heterocycles. The molecule has 6 nitrogen and oxygen atoms in total. The van der Waals surface area contributed by atoms with Crippen LogP contribution in [0.2, 0.25) is 0 Å². The lowest BCUT2D eigenvalue weighted by Gasteiger charge is -2.40. The van der Waals surface area contributed by atoms with Crippen LogP contribution in [-0.2, 0) is 16.0 Å². The Balaban J connectivity index is 1.86. The number of hydrogen-bond donors (Lipinski definition) is 0. The Bertz CT molecular complexity index is 1040. The molecule has 2 heterocycles. The first-order valence-electron chi connectivity index (χ1n) is 10.6. The summed E-state index contributed by atoms with van der Waals surface area (Å²) in [6.07, 6.45) is 2.58. The van der Waals surface area contributed by atoms with Crippen LogP contribution >= 0.6 is 15.9 Å². The van der Waals surface area contributed by atoms with Crippen molar-refractivity contribution in [2.75, 3.05) is 33.3 Å². The van der Waals surface area contributed by atoms with Crippen LogP contribution in [0.5, 0.6) is 0 Å². The van der Waals surface area contributed by atoms with Crippen molar-refractivity contribution in [3.8, 4) is 0 Å². The molecule has 0 saturated carbocycles. The molecule has 1 amide bonds. The lowest BCUT2D eigenvalue weighted by atomic mass is 9.79. The molecule has 0 saturated heterocycles. The molecule has 2 atom stereocenters. The molecule has 0 bridgehead atoms. The van der Waals surface area contributed by atoms with Crippen LogP contribution in [0.4, 0.5) is 4.79 Å². The second-order valence-electron chi connectivity index (χ2n) is 7.90. The van der Waals surface area contributed by atoms with Gasteiger partial charge in [0.15, 0.2) is 0 Å². The van der Waals surface area contributed by atoms with E-state index in [4.69, 9.17) is 4.74 Å². The van der Waals surface area contributed by atoms with Crippen LogP contribution in [0.1, 0.15) is 31.9 Å². The fourth-order valence-electron chi connectivity index (χ4n) is 4.88. The Morgan fingerprint density at radius 3 is 2.63 bits per heavy atom. The number of fused-ring (bicyclic) bond motifs is 2. The van der Waals surface area contributed by atoms with Gasteiger partial charge in [-0.05, 0) is 72.9 Å². The molecule has 2 aromatic rings. The fourth-order valence-corrected chi connectivity index (χ4v) is 5.58. The van der Waals surface area contributed by atoms with Crippen LogP contribution in [0.15, 0.2) is 28.9 Å². The van der Waals surface area contributed by atoms with Gasteiger partial charge < -0.3 is 9.64 Å². The van der Waals surface area contributed by atoms with Gasteiger partial charge in [0.1, 0.15) is 0 Å². The highest BCUT2D eigenvalue weighted by atomic mass is 79.9. The van der Waals surface area contributed by atoms with Crippen molar-refractivity contribution in [3.63, 3.8) is 0 Å². The summed E-state index contributed by atoms with van der Waals surface area (Å²) in [5, 5.41) is 1.07. The van der Waals surface area contributed by atoms with E-state index in [1.807, 2.05) is 37.8 Å². The lowest BCUT2D eigenvalue weighted by Crippen LogP contribution is -2.47. The molecule has 0 radical (unpaired) electrons. The molecule has 4 rings (SSSR count). The van der Waals surface area contributed by atoms with E-state index in [2.05, 4.69) is 40.0 Å². The third kappa shape index (κ3) is 3.19. The maximum atomic E-state index is 13.1. The fraction of sp³-hybridized carbons (Fsp3) is 0.478. The number of carbonyl (C=O) groups excluding carboxylic acids is 2. The smallest absolute Gasteiger partial charge is 0.419 e. The number of hydrogen-bond acceptors (Lipinski definition) is 4. The number of ether oxygens (including phenoxy) is 1. The van der Waals surface area contributed by atoms with Gasteiger partial charge in [-0.2, -0.15) is 0 Å². The predicted molar refractivity (Wildman–Crippen MR) is 122 cm³/mol. The summed E-state index contributed by atoms with van der Waals surface area (Å²) >= 11 is 3.67. The van der Waals surface area contributed by atoms with Gasteiger partial charge in [0.05, 0.1) is 22.6 Å². The van der Waals surface area contributed by atoms with Gasteiger partial charge >= 0.3 is 6.09 Å². The number of rotatable bonds is 4. The molecule has 1 aliphatic heterocycles. The predicted octanol–water partition coefficient (Wildman–Crippen LogP) is 4.15. The summed E-state index contributed by atoms with van der Waals surface area (Å²) < 4.78 is 7.67. The number of halogens is 1. The van der Waals surface area contributed by atoms with Gasteiger partial charge in [0.2, 0.25) is 5.91 Å². The van der Waals surface area contributed by atoms with E-state index < -0.39 is 0 Å². The highest BCUT2D eigenvalue weighted by molar-refractivity contribution is 9.10. The minimum Gasteiger partial charge on any atom is -0.449 e. The van der Waals surface area contributed by atoms with Gasteiger partial charge in [-0.3, -0.25) is 9.69 Å². The molecule has 2 aliphatic rings. The monoisotopic (exact) mass is 473 g/mol. The van der Waals surface area contributed by atoms with Crippen molar-refractivity contribution < 1.29 is 14.3 Å². The van der Waals surface area contributed by atoms with Crippen molar-refractivity contribution in [1.82, 2.24) is 14.4 Å². The Morgan fingerprint density at radius 2 is 1.97 bits per heavy atom. The zero-order valence-electron chi connectivity index (χ0n) is 17.9. The van der Waals surface area contributed by atoms with Crippen LogP contribution in [0.25, 0.3) is 16.5 Å². The second-order valence-corrected chi connectivity index (χ2v) is 8.65. The average molecular weight is 474 g/mol. The quantitative estimate of drug-likeness (QED) is 0.669. The molecule has 160 valence electrons. The molecule has 0 unspecified atom stereocenters. The highest BCUT2D eigenvalue weighted by Gasteiger charge is 2.38. The van der Waals surface area contributed by atoms with E-state index in [1.165, 1.54) is 5.57 Å². The number of benzene rings is 1. The first kappa shape index (κ1) is 21.1. The summed E-state index contributed by atoms with van der Waals surface area (Å²) in [7, 11) is 2.08. The number of nitrogens with zero attached hydrogens (tertiary/aromatic N) is 3. The van der Waals surface area contributed by atoms with Gasteiger partial charge in [-0.15, -0.1) is 0 Å². The largest absolute Gasteiger partial charge is 0.449 e. The summed E-state index contributed by atoms with van der Waals surface area (Å²) in [6, 6.07) is 6.21. The zero-order valence-corrected chi connectivity index (χ0v) is 19.5. The summed E-state index contributed by atoms with van der Waals surface area (Å²) in [4.78, 5) is 29.9. The molecule has 0 fully saturated rings. The minimum atomic E-state index is -0.375. The number of carbonyl (C=O) groups is 2. The number of amides is 1. The molecule has 1 aliphatic carbocycles. The van der Waals surface area contributed by atoms with E-state index in [0.717, 1.165) is 46.1 Å². The molecule has 0 N–H and O–H groups in total. The van der Waals surface area contributed by atoms with Crippen LogP contribution in [0, 0.1) is 5.92 Å². The van der Waals surface area contributed by atoms with Crippen molar-refractivity contribution in [2.45, 2.75) is 33.2 Å². The SMILES string of the molecule is CCOC(=O)n1c(Br)c2c3c(cccc31)C1=C[C@@H](C(=O)N(CC)CC)CN(C)[C@@H]1C2. The van der Waals surface area contributed by atoms with Crippen molar-refractivity contribution >= 4 is 44.4 Å². The van der Waals surface area contributed by atoms with Crippen molar-refractivity contribution in [2.24, 2.45) is 5.92 Å². The second kappa shape index (κ2) is 8.19. The maximum absolute atomic E-state index is 13.1. The van der Waals surface area contributed by atoms with Crippen molar-refractivity contribution in [3.05, 3.63) is 40.0 Å². The normalized spacial score (nSPS) is 20.6. The van der Waals surface area contributed by atoms with E-state index in [-0.39, 0.29) is 24.0 Å². The molecule has 7 heteroatoms. The summed E-state index contributed by atoms with van der Waals surface area (Å²) in [6.45, 7) is 8.31. The van der Waals surface area contributed by atoms with E-state index >= 15 is 0 Å². The Labute approximate surface area is 185 Å². The molecule has 30 heavy (non-hydrogen) atoms. The zero-order chi connectivity index (χ0) is 21.6. The van der Waals surface area contributed by atoms with Crippen LogP contribution in [0.3, 0.4) is 0 Å². The van der Waals surface area contributed by atoms with Gasteiger partial charge in [-0.25, -0.2) is 9.36 Å². The van der Waals surface area contributed by atoms with Gasteiger partial charge in [-0.1, -0.05) is 18.2 Å². The maximum Gasteiger partial charge on any atom is 0.419 e. The topological polar surface area (TPSA) is 54.8 Å². The average Bonchev–Trinajstić information content (AvgIpc) is 3.02. The van der Waals surface area contributed by atoms with E-state index in [1.54, 1.807) is 4.57 Å². The highest BCUT2D eigenvalue weighted by Crippen LogP contribution is 2.44. The third-order valence-electron chi connectivity index (χ3n) is 6.34. The molecular weight excluding hydrogens is 446 g/mol. The number of aromatic nitrogens is 1. The standard InChI is InChI=1S/C23H28BrN3O3/c1-5-26(6-2)22(28)14-11-16-15-9-8-10-18-20(15)17(12-19(16)25(4)13-14)21(24)27(18)23(29)30-7-3/h8-11,14,19H,5-7,12-13H2,1-4H3/t14-,19-/m1/s1. The van der Waals surface area contributed by atoms with E-state index in [0.29, 0.717) is 13.2 Å². The minimum absolute atomic E-state index is 0.159. The Kier molecular flexibility index (Phi) is 5.77.